The van der Waals surface area contributed by atoms with E-state index in [-0.39, 0.29) is 0 Å². The summed E-state index contributed by atoms with van der Waals surface area (Å²) in [6, 6.07) is 6.70. The standard InChI is InChI=1S/C11H12N2/c1-3-12-7-10-6-11-9(2-4-13-11)5-8(1)10/h2,4-6,12-13H,1,3,7H2. The minimum Gasteiger partial charge on any atom is -0.361 e. The monoisotopic (exact) mass is 172 g/mol. The largest absolute Gasteiger partial charge is 0.361 e. The lowest BCUT2D eigenvalue weighted by atomic mass is 9.99. The molecule has 0 fully saturated rings. The van der Waals surface area contributed by atoms with Gasteiger partial charge in [-0.2, -0.15) is 0 Å². The predicted octanol–water partition coefficient (Wildman–Crippen LogP) is 1.81. The zero-order chi connectivity index (χ0) is 8.67. The Kier molecular flexibility index (Phi) is 1.43. The molecule has 1 aromatic heterocycles. The van der Waals surface area contributed by atoms with Crippen LogP contribution in [0.5, 0.6) is 0 Å². The topological polar surface area (TPSA) is 27.8 Å². The molecule has 2 aromatic rings. The molecule has 3 rings (SSSR count). The van der Waals surface area contributed by atoms with Crippen molar-refractivity contribution in [3.63, 3.8) is 0 Å². The number of hydrogen-bond acceptors (Lipinski definition) is 1. The van der Waals surface area contributed by atoms with Crippen LogP contribution in [0.2, 0.25) is 0 Å². The number of H-pyrrole nitrogens is 1. The molecule has 1 aromatic carbocycles. The number of rotatable bonds is 0. The predicted molar refractivity (Wildman–Crippen MR) is 53.7 cm³/mol. The first kappa shape index (κ1) is 7.15. The van der Waals surface area contributed by atoms with Gasteiger partial charge >= 0.3 is 0 Å². The molecule has 0 amide bonds. The van der Waals surface area contributed by atoms with Crippen LogP contribution < -0.4 is 5.32 Å². The van der Waals surface area contributed by atoms with E-state index in [9.17, 15) is 0 Å². The van der Waals surface area contributed by atoms with Crippen LogP contribution in [-0.4, -0.2) is 11.5 Å². The van der Waals surface area contributed by atoms with Crippen LogP contribution >= 0.6 is 0 Å². The first-order chi connectivity index (χ1) is 6.43. The van der Waals surface area contributed by atoms with Gasteiger partial charge in [-0.05, 0) is 47.7 Å². The van der Waals surface area contributed by atoms with Crippen molar-refractivity contribution in [1.29, 1.82) is 0 Å². The second kappa shape index (κ2) is 2.60. The molecule has 0 spiro atoms. The maximum atomic E-state index is 3.38. The molecule has 2 heteroatoms. The van der Waals surface area contributed by atoms with Crippen LogP contribution in [0.15, 0.2) is 24.4 Å². The molecule has 0 aliphatic carbocycles. The molecule has 0 saturated heterocycles. The summed E-state index contributed by atoms with van der Waals surface area (Å²) in [7, 11) is 0. The van der Waals surface area contributed by atoms with E-state index in [4.69, 9.17) is 0 Å². The van der Waals surface area contributed by atoms with Crippen molar-refractivity contribution in [1.82, 2.24) is 10.3 Å². The van der Waals surface area contributed by atoms with Crippen LogP contribution in [-0.2, 0) is 13.0 Å². The fourth-order valence-corrected chi connectivity index (χ4v) is 2.04. The van der Waals surface area contributed by atoms with Gasteiger partial charge in [0.1, 0.15) is 0 Å². The van der Waals surface area contributed by atoms with E-state index < -0.39 is 0 Å². The fourth-order valence-electron chi connectivity index (χ4n) is 2.04. The zero-order valence-corrected chi connectivity index (χ0v) is 7.43. The number of aromatic amines is 1. The highest BCUT2D eigenvalue weighted by Crippen LogP contribution is 2.21. The molecule has 2 heterocycles. The normalized spacial score (nSPS) is 16.0. The summed E-state index contributed by atoms with van der Waals surface area (Å²) in [6.07, 6.45) is 3.17. The molecule has 0 unspecified atom stereocenters. The molecule has 0 bridgehead atoms. The molecule has 0 atom stereocenters. The number of hydrogen-bond donors (Lipinski definition) is 2. The number of nitrogens with one attached hydrogen (secondary N) is 2. The van der Waals surface area contributed by atoms with Crippen molar-refractivity contribution in [3.8, 4) is 0 Å². The van der Waals surface area contributed by atoms with Gasteiger partial charge in [0.05, 0.1) is 0 Å². The lowest BCUT2D eigenvalue weighted by molar-refractivity contribution is 0.645. The van der Waals surface area contributed by atoms with Crippen LogP contribution in [0, 0.1) is 0 Å². The van der Waals surface area contributed by atoms with Crippen LogP contribution in [0.4, 0.5) is 0 Å². The first-order valence-electron chi connectivity index (χ1n) is 4.73. The quantitative estimate of drug-likeness (QED) is 0.623. The summed E-state index contributed by atoms with van der Waals surface area (Å²) in [4.78, 5) is 3.24. The average molecular weight is 172 g/mol. The van der Waals surface area contributed by atoms with Gasteiger partial charge in [0.2, 0.25) is 0 Å². The summed E-state index contributed by atoms with van der Waals surface area (Å²) < 4.78 is 0. The summed E-state index contributed by atoms with van der Waals surface area (Å²) in [5, 5.41) is 4.72. The van der Waals surface area contributed by atoms with Gasteiger partial charge in [0.15, 0.2) is 0 Å². The van der Waals surface area contributed by atoms with Crippen LogP contribution in [0.3, 0.4) is 0 Å². The Labute approximate surface area is 77.0 Å². The lowest BCUT2D eigenvalue weighted by Gasteiger charge is -2.16. The minimum absolute atomic E-state index is 1.02. The van der Waals surface area contributed by atoms with Gasteiger partial charge in [-0.15, -0.1) is 0 Å². The van der Waals surface area contributed by atoms with E-state index in [0.29, 0.717) is 0 Å². The van der Waals surface area contributed by atoms with Gasteiger partial charge < -0.3 is 10.3 Å². The summed E-state index contributed by atoms with van der Waals surface area (Å²) in [5.74, 6) is 0. The molecular weight excluding hydrogens is 160 g/mol. The number of benzene rings is 1. The average Bonchev–Trinajstić information content (AvgIpc) is 2.61. The molecular formula is C11H12N2. The second-order valence-electron chi connectivity index (χ2n) is 3.61. The van der Waals surface area contributed by atoms with Gasteiger partial charge in [0.25, 0.3) is 0 Å². The molecule has 2 N–H and O–H groups in total. The Hall–Kier alpha value is -1.28. The number of fused-ring (bicyclic) bond motifs is 2. The van der Waals surface area contributed by atoms with E-state index in [0.717, 1.165) is 19.5 Å². The third kappa shape index (κ3) is 1.06. The van der Waals surface area contributed by atoms with Gasteiger partial charge in [-0.3, -0.25) is 0 Å². The Morgan fingerprint density at radius 2 is 2.15 bits per heavy atom. The van der Waals surface area contributed by atoms with Crippen molar-refractivity contribution in [2.75, 3.05) is 6.54 Å². The third-order valence-corrected chi connectivity index (χ3v) is 2.76. The molecule has 1 aliphatic rings. The Morgan fingerprint density at radius 3 is 3.15 bits per heavy atom. The SMILES string of the molecule is c1cc2cc3c(cc2[nH]1)CNCC3. The highest BCUT2D eigenvalue weighted by atomic mass is 14.9. The maximum Gasteiger partial charge on any atom is 0.0457 e. The summed E-state index contributed by atoms with van der Waals surface area (Å²) in [5.41, 5.74) is 4.20. The Balaban J connectivity index is 2.28. The molecule has 66 valence electrons. The third-order valence-electron chi connectivity index (χ3n) is 2.76. The summed E-state index contributed by atoms with van der Waals surface area (Å²) >= 11 is 0. The lowest BCUT2D eigenvalue weighted by Crippen LogP contribution is -2.23. The van der Waals surface area contributed by atoms with Crippen molar-refractivity contribution >= 4 is 10.9 Å². The second-order valence-corrected chi connectivity index (χ2v) is 3.61. The highest BCUT2D eigenvalue weighted by molar-refractivity contribution is 5.81. The van der Waals surface area contributed by atoms with Gasteiger partial charge in [-0.25, -0.2) is 0 Å². The molecule has 2 nitrogen and oxygen atoms in total. The van der Waals surface area contributed by atoms with Crippen molar-refractivity contribution in [2.24, 2.45) is 0 Å². The molecule has 13 heavy (non-hydrogen) atoms. The van der Waals surface area contributed by atoms with E-state index in [1.165, 1.54) is 22.0 Å². The van der Waals surface area contributed by atoms with E-state index in [1.807, 2.05) is 6.20 Å². The van der Waals surface area contributed by atoms with Gasteiger partial charge in [-0.1, -0.05) is 0 Å². The van der Waals surface area contributed by atoms with Crippen molar-refractivity contribution < 1.29 is 0 Å². The van der Waals surface area contributed by atoms with Crippen LogP contribution in [0.1, 0.15) is 11.1 Å². The smallest absolute Gasteiger partial charge is 0.0457 e. The van der Waals surface area contributed by atoms with E-state index in [1.54, 1.807) is 0 Å². The van der Waals surface area contributed by atoms with Crippen LogP contribution in [0.25, 0.3) is 10.9 Å². The van der Waals surface area contributed by atoms with Crippen molar-refractivity contribution in [2.45, 2.75) is 13.0 Å². The molecule has 1 aliphatic heterocycles. The number of aromatic nitrogens is 1. The Bertz CT molecular complexity index is 402. The van der Waals surface area contributed by atoms with E-state index in [2.05, 4.69) is 28.5 Å². The van der Waals surface area contributed by atoms with E-state index >= 15 is 0 Å². The van der Waals surface area contributed by atoms with Gasteiger partial charge in [0, 0.05) is 18.3 Å². The minimum atomic E-state index is 1.02. The Morgan fingerprint density at radius 1 is 1.15 bits per heavy atom. The maximum absolute atomic E-state index is 3.38. The summed E-state index contributed by atoms with van der Waals surface area (Å²) in [6.45, 7) is 2.13. The van der Waals surface area contributed by atoms with Crippen molar-refractivity contribution in [3.05, 3.63) is 35.5 Å². The molecule has 0 saturated carbocycles. The first-order valence-corrected chi connectivity index (χ1v) is 4.73. The zero-order valence-electron chi connectivity index (χ0n) is 7.43. The molecule has 0 radical (unpaired) electrons. The highest BCUT2D eigenvalue weighted by Gasteiger charge is 2.09. The fraction of sp³-hybridized carbons (Fsp3) is 0.273.